The minimum absolute atomic E-state index is 0.0434. The van der Waals surface area contributed by atoms with Gasteiger partial charge in [0.2, 0.25) is 0 Å². The maximum atomic E-state index is 12.6. The molecule has 1 aromatic heterocycles. The number of nitrogens with zero attached hydrogens (tertiary/aromatic N) is 1. The summed E-state index contributed by atoms with van der Waals surface area (Å²) in [6.07, 6.45) is 2.88. The molecule has 1 heterocycles. The number of methoxy groups -OCH3 is 1. The summed E-state index contributed by atoms with van der Waals surface area (Å²) in [7, 11) is 1.27. The summed E-state index contributed by atoms with van der Waals surface area (Å²) in [5, 5.41) is 2.92. The lowest BCUT2D eigenvalue weighted by Gasteiger charge is -2.09. The highest BCUT2D eigenvalue weighted by atomic mass is 16.5. The Labute approximate surface area is 157 Å². The first-order valence-corrected chi connectivity index (χ1v) is 8.64. The van der Waals surface area contributed by atoms with E-state index in [1.54, 1.807) is 24.3 Å². The van der Waals surface area contributed by atoms with Crippen molar-refractivity contribution in [3.63, 3.8) is 0 Å². The molecule has 0 atom stereocenters. The fourth-order valence-corrected chi connectivity index (χ4v) is 2.79. The zero-order chi connectivity index (χ0) is 19.1. The SMILES string of the molecule is COC(=O)c1ncoc1-c1ccccc1C(=O)NCCCc1ccccc1. The molecule has 0 aliphatic heterocycles. The number of aromatic nitrogens is 1. The Kier molecular flexibility index (Phi) is 5.99. The monoisotopic (exact) mass is 364 g/mol. The van der Waals surface area contributed by atoms with Crippen LogP contribution in [0.4, 0.5) is 0 Å². The van der Waals surface area contributed by atoms with Crippen LogP contribution in [0, 0.1) is 0 Å². The molecule has 0 saturated heterocycles. The van der Waals surface area contributed by atoms with Crippen molar-refractivity contribution in [2.75, 3.05) is 13.7 Å². The number of oxazole rings is 1. The van der Waals surface area contributed by atoms with Crippen LogP contribution in [0.5, 0.6) is 0 Å². The lowest BCUT2D eigenvalue weighted by Crippen LogP contribution is -2.25. The van der Waals surface area contributed by atoms with E-state index in [0.717, 1.165) is 19.2 Å². The molecule has 27 heavy (non-hydrogen) atoms. The number of benzene rings is 2. The summed E-state index contributed by atoms with van der Waals surface area (Å²) in [5.41, 5.74) is 2.19. The molecule has 0 radical (unpaired) electrons. The van der Waals surface area contributed by atoms with E-state index in [2.05, 4.69) is 22.4 Å². The molecule has 1 N–H and O–H groups in total. The second kappa shape index (κ2) is 8.80. The van der Waals surface area contributed by atoms with Crippen molar-refractivity contribution in [3.05, 3.63) is 77.8 Å². The van der Waals surface area contributed by atoms with Crippen molar-refractivity contribution >= 4 is 11.9 Å². The molecule has 1 amide bonds. The molecule has 3 rings (SSSR count). The van der Waals surface area contributed by atoms with E-state index in [-0.39, 0.29) is 17.4 Å². The van der Waals surface area contributed by atoms with Crippen LogP contribution in [0.2, 0.25) is 0 Å². The quantitative estimate of drug-likeness (QED) is 0.513. The van der Waals surface area contributed by atoms with Crippen molar-refractivity contribution < 1.29 is 18.7 Å². The lowest BCUT2D eigenvalue weighted by atomic mass is 10.0. The molecule has 3 aromatic rings. The Hall–Kier alpha value is -3.41. The van der Waals surface area contributed by atoms with Gasteiger partial charge in [0.1, 0.15) is 0 Å². The molecular formula is C21H20N2O4. The van der Waals surface area contributed by atoms with E-state index >= 15 is 0 Å². The number of hydrogen-bond acceptors (Lipinski definition) is 5. The predicted octanol–water partition coefficient (Wildman–Crippen LogP) is 3.49. The van der Waals surface area contributed by atoms with Crippen LogP contribution < -0.4 is 5.32 Å². The summed E-state index contributed by atoms with van der Waals surface area (Å²) < 4.78 is 10.1. The highest BCUT2D eigenvalue weighted by Crippen LogP contribution is 2.27. The smallest absolute Gasteiger partial charge is 0.360 e. The molecule has 0 fully saturated rings. The van der Waals surface area contributed by atoms with E-state index in [1.165, 1.54) is 12.7 Å². The van der Waals surface area contributed by atoms with Crippen LogP contribution in [-0.2, 0) is 11.2 Å². The van der Waals surface area contributed by atoms with Crippen molar-refractivity contribution in [2.45, 2.75) is 12.8 Å². The summed E-state index contributed by atoms with van der Waals surface area (Å²) in [5.74, 6) is -0.625. The first-order chi connectivity index (χ1) is 13.2. The van der Waals surface area contributed by atoms with Crippen LogP contribution in [0.3, 0.4) is 0 Å². The second-order valence-electron chi connectivity index (χ2n) is 5.91. The van der Waals surface area contributed by atoms with Gasteiger partial charge in [-0.2, -0.15) is 0 Å². The molecule has 0 aliphatic carbocycles. The number of ether oxygens (including phenoxy) is 1. The van der Waals surface area contributed by atoms with Crippen LogP contribution in [0.15, 0.2) is 65.4 Å². The number of amides is 1. The van der Waals surface area contributed by atoms with E-state index in [4.69, 9.17) is 9.15 Å². The fourth-order valence-electron chi connectivity index (χ4n) is 2.79. The Morgan fingerprint density at radius 3 is 2.59 bits per heavy atom. The van der Waals surface area contributed by atoms with Gasteiger partial charge in [-0.25, -0.2) is 9.78 Å². The molecule has 0 aliphatic rings. The van der Waals surface area contributed by atoms with Gasteiger partial charge in [-0.05, 0) is 24.5 Å². The normalized spacial score (nSPS) is 10.4. The number of carbonyl (C=O) groups is 2. The third-order valence-corrected chi connectivity index (χ3v) is 4.13. The highest BCUT2D eigenvalue weighted by molar-refractivity contribution is 6.03. The van der Waals surface area contributed by atoms with E-state index in [1.807, 2.05) is 18.2 Å². The Bertz CT molecular complexity index is 919. The zero-order valence-electron chi connectivity index (χ0n) is 15.0. The van der Waals surface area contributed by atoms with Crippen molar-refractivity contribution in [3.8, 4) is 11.3 Å². The fraction of sp³-hybridized carbons (Fsp3) is 0.190. The topological polar surface area (TPSA) is 81.4 Å². The number of esters is 1. The number of hydrogen-bond donors (Lipinski definition) is 1. The van der Waals surface area contributed by atoms with E-state index in [9.17, 15) is 9.59 Å². The van der Waals surface area contributed by atoms with Gasteiger partial charge >= 0.3 is 5.97 Å². The number of carbonyl (C=O) groups excluding carboxylic acids is 2. The van der Waals surface area contributed by atoms with Gasteiger partial charge in [0.05, 0.1) is 12.7 Å². The van der Waals surface area contributed by atoms with Gasteiger partial charge in [0, 0.05) is 12.1 Å². The van der Waals surface area contributed by atoms with Crippen LogP contribution in [0.25, 0.3) is 11.3 Å². The lowest BCUT2D eigenvalue weighted by molar-refractivity contribution is 0.0595. The standard InChI is InChI=1S/C21H20N2O4/c1-26-21(25)18-19(27-14-23-18)16-11-5-6-12-17(16)20(24)22-13-7-10-15-8-3-2-4-9-15/h2-6,8-9,11-12,14H,7,10,13H2,1H3,(H,22,24). The Morgan fingerprint density at radius 2 is 1.81 bits per heavy atom. The van der Waals surface area contributed by atoms with Gasteiger partial charge in [0.25, 0.3) is 5.91 Å². The van der Waals surface area contributed by atoms with E-state index in [0.29, 0.717) is 17.7 Å². The van der Waals surface area contributed by atoms with Crippen LogP contribution in [-0.4, -0.2) is 30.5 Å². The van der Waals surface area contributed by atoms with Crippen molar-refractivity contribution in [1.29, 1.82) is 0 Å². The average molecular weight is 364 g/mol. The predicted molar refractivity (Wildman–Crippen MR) is 100 cm³/mol. The summed E-state index contributed by atoms with van der Waals surface area (Å²) in [6, 6.07) is 17.0. The van der Waals surface area contributed by atoms with Crippen LogP contribution >= 0.6 is 0 Å². The first-order valence-electron chi connectivity index (χ1n) is 8.64. The number of aryl methyl sites for hydroxylation is 1. The zero-order valence-corrected chi connectivity index (χ0v) is 15.0. The van der Waals surface area contributed by atoms with Gasteiger partial charge in [-0.15, -0.1) is 0 Å². The molecule has 6 nitrogen and oxygen atoms in total. The Morgan fingerprint density at radius 1 is 1.07 bits per heavy atom. The molecule has 0 bridgehead atoms. The minimum atomic E-state index is -0.614. The molecule has 2 aromatic carbocycles. The van der Waals surface area contributed by atoms with Crippen molar-refractivity contribution in [1.82, 2.24) is 10.3 Å². The second-order valence-corrected chi connectivity index (χ2v) is 5.91. The van der Waals surface area contributed by atoms with Gasteiger partial charge in [-0.3, -0.25) is 4.79 Å². The summed E-state index contributed by atoms with van der Waals surface area (Å²) >= 11 is 0. The molecule has 0 unspecified atom stereocenters. The highest BCUT2D eigenvalue weighted by Gasteiger charge is 2.22. The third-order valence-electron chi connectivity index (χ3n) is 4.13. The molecule has 6 heteroatoms. The van der Waals surface area contributed by atoms with Gasteiger partial charge < -0.3 is 14.5 Å². The number of nitrogens with one attached hydrogen (secondary N) is 1. The third kappa shape index (κ3) is 4.41. The van der Waals surface area contributed by atoms with Crippen LogP contribution in [0.1, 0.15) is 32.8 Å². The maximum absolute atomic E-state index is 12.6. The average Bonchev–Trinajstić information content (AvgIpc) is 3.21. The summed E-state index contributed by atoms with van der Waals surface area (Å²) in [4.78, 5) is 28.4. The first kappa shape index (κ1) is 18.4. The Balaban J connectivity index is 1.69. The maximum Gasteiger partial charge on any atom is 0.360 e. The molecule has 0 saturated carbocycles. The van der Waals surface area contributed by atoms with Gasteiger partial charge in [0.15, 0.2) is 17.8 Å². The largest absolute Gasteiger partial charge is 0.464 e. The summed E-state index contributed by atoms with van der Waals surface area (Å²) in [6.45, 7) is 0.544. The molecule has 138 valence electrons. The van der Waals surface area contributed by atoms with E-state index < -0.39 is 5.97 Å². The molecular weight excluding hydrogens is 344 g/mol. The molecule has 0 spiro atoms. The number of rotatable bonds is 7. The van der Waals surface area contributed by atoms with Crippen molar-refractivity contribution in [2.24, 2.45) is 0 Å². The minimum Gasteiger partial charge on any atom is -0.464 e. The van der Waals surface area contributed by atoms with Gasteiger partial charge in [-0.1, -0.05) is 48.5 Å².